The number of quaternary nitrogens is 1. The van der Waals surface area contributed by atoms with Crippen LogP contribution in [0.4, 0.5) is 13.2 Å². The summed E-state index contributed by atoms with van der Waals surface area (Å²) in [7, 11) is -3.76. The summed E-state index contributed by atoms with van der Waals surface area (Å²) < 4.78 is 60.0. The zero-order chi connectivity index (χ0) is 21.7. The van der Waals surface area contributed by atoms with E-state index < -0.39 is 15.6 Å². The topological polar surface area (TPSA) is 74.3 Å². The third-order valence-electron chi connectivity index (χ3n) is 5.20. The maximum Gasteiger partial charge on any atom is 0.485 e. The molecule has 0 aromatic heterocycles. The summed E-state index contributed by atoms with van der Waals surface area (Å²) in [5, 5.41) is 0. The van der Waals surface area contributed by atoms with E-state index in [-0.39, 0.29) is 0 Å². The van der Waals surface area contributed by atoms with Crippen LogP contribution >= 0.6 is 0 Å². The molecular weight excluding hydrogens is 395 g/mol. The van der Waals surface area contributed by atoms with Gasteiger partial charge in [0.15, 0.2) is 10.1 Å². The Balaban J connectivity index is 0.000000769. The van der Waals surface area contributed by atoms with Crippen molar-refractivity contribution in [2.45, 2.75) is 89.5 Å². The van der Waals surface area contributed by atoms with Gasteiger partial charge in [0, 0.05) is 0 Å². The summed E-state index contributed by atoms with van der Waals surface area (Å²) in [5.74, 6) is 0.476. The Morgan fingerprint density at radius 3 is 1.61 bits per heavy atom. The second kappa shape index (κ2) is 13.5. The molecule has 28 heavy (non-hydrogen) atoms. The first-order valence-electron chi connectivity index (χ1n) is 10.3. The molecule has 0 spiro atoms. The fourth-order valence-electron chi connectivity index (χ4n) is 3.23. The van der Waals surface area contributed by atoms with Gasteiger partial charge in [-0.3, -0.25) is 4.79 Å². The van der Waals surface area contributed by atoms with Gasteiger partial charge in [0.2, 0.25) is 0 Å². The lowest BCUT2D eigenvalue weighted by Gasteiger charge is -2.37. The molecule has 0 radical (unpaired) electrons. The van der Waals surface area contributed by atoms with E-state index in [1.807, 2.05) is 0 Å². The fourth-order valence-corrected chi connectivity index (χ4v) is 3.23. The minimum Gasteiger partial charge on any atom is -0.741 e. The van der Waals surface area contributed by atoms with Crippen LogP contribution in [0.15, 0.2) is 0 Å². The maximum absolute atomic E-state index is 11.3. The van der Waals surface area contributed by atoms with Crippen molar-refractivity contribution in [3.63, 3.8) is 0 Å². The van der Waals surface area contributed by atoms with Crippen LogP contribution in [0.2, 0.25) is 0 Å². The van der Waals surface area contributed by atoms with E-state index in [1.54, 1.807) is 0 Å². The van der Waals surface area contributed by atoms with E-state index in [9.17, 15) is 18.0 Å². The molecular formula is C19H36F3NO4S. The highest BCUT2D eigenvalue weighted by Crippen LogP contribution is 2.20. The lowest BCUT2D eigenvalue weighted by atomic mass is 10.0. The number of unbranched alkanes of at least 4 members (excludes halogenated alkanes) is 9. The van der Waals surface area contributed by atoms with Crippen LogP contribution in [0, 0.1) is 0 Å². The highest BCUT2D eigenvalue weighted by Gasteiger charge is 2.36. The van der Waals surface area contributed by atoms with E-state index >= 15 is 0 Å². The molecule has 0 N–H and O–H groups in total. The van der Waals surface area contributed by atoms with Crippen LogP contribution in [-0.4, -0.2) is 55.4 Å². The number of hydrogen-bond acceptors (Lipinski definition) is 4. The van der Waals surface area contributed by atoms with Crippen LogP contribution in [0.1, 0.15) is 84.0 Å². The van der Waals surface area contributed by atoms with E-state index in [4.69, 9.17) is 13.0 Å². The van der Waals surface area contributed by atoms with Gasteiger partial charge in [-0.15, -0.1) is 0 Å². The lowest BCUT2D eigenvalue weighted by Crippen LogP contribution is -2.50. The maximum atomic E-state index is 11.3. The number of halogens is 3. The molecule has 1 heterocycles. The van der Waals surface area contributed by atoms with Crippen LogP contribution in [0.3, 0.4) is 0 Å². The predicted molar refractivity (Wildman–Crippen MR) is 103 cm³/mol. The van der Waals surface area contributed by atoms with E-state index in [2.05, 4.69) is 14.0 Å². The molecule has 9 heteroatoms. The Kier molecular flexibility index (Phi) is 13.2. The molecule has 0 aromatic carbocycles. The number of Topliss-reactive ketones (excluding diaryl/α,β-unsaturated/α-hetero) is 1. The minimum absolute atomic E-state index is 0.476. The molecule has 1 fully saturated rings. The quantitative estimate of drug-likeness (QED) is 0.204. The molecule has 0 amide bonds. The predicted octanol–water partition coefficient (Wildman–Crippen LogP) is 4.77. The van der Waals surface area contributed by atoms with Crippen molar-refractivity contribution in [3.05, 3.63) is 0 Å². The van der Waals surface area contributed by atoms with E-state index in [0.717, 1.165) is 30.4 Å². The molecule has 1 aliphatic heterocycles. The number of carbonyl (C=O) groups excluding carboxylic acids is 1. The molecule has 0 aromatic rings. The Bertz CT molecular complexity index is 526. The third-order valence-corrected chi connectivity index (χ3v) is 5.76. The first-order valence-corrected chi connectivity index (χ1v) is 11.7. The van der Waals surface area contributed by atoms with Gasteiger partial charge in [0.25, 0.3) is 0 Å². The van der Waals surface area contributed by atoms with Crippen molar-refractivity contribution in [3.8, 4) is 0 Å². The lowest BCUT2D eigenvalue weighted by molar-refractivity contribution is -0.911. The van der Waals surface area contributed by atoms with Crippen LogP contribution in [-0.2, 0) is 14.9 Å². The summed E-state index contributed by atoms with van der Waals surface area (Å²) in [5.41, 5.74) is -5.65. The second-order valence-electron chi connectivity index (χ2n) is 7.91. The largest absolute Gasteiger partial charge is 0.741 e. The summed E-state index contributed by atoms with van der Waals surface area (Å²) in [6, 6.07) is 0. The Morgan fingerprint density at radius 2 is 1.25 bits per heavy atom. The number of hydrogen-bond donors (Lipinski definition) is 0. The minimum atomic E-state index is -6.09. The van der Waals surface area contributed by atoms with E-state index in [1.165, 1.54) is 70.8 Å². The zero-order valence-electron chi connectivity index (χ0n) is 17.2. The monoisotopic (exact) mass is 431 g/mol. The van der Waals surface area contributed by atoms with Crippen LogP contribution < -0.4 is 0 Å². The molecule has 1 aliphatic rings. The highest BCUT2D eigenvalue weighted by atomic mass is 32.2. The van der Waals surface area contributed by atoms with E-state index in [0.29, 0.717) is 5.78 Å². The van der Waals surface area contributed by atoms with Gasteiger partial charge in [-0.05, 0) is 12.8 Å². The number of ketones is 1. The number of rotatable bonds is 11. The molecule has 5 nitrogen and oxygen atoms in total. The normalized spacial score (nSPS) is 17.1. The fraction of sp³-hybridized carbons (Fsp3) is 0.947. The molecule has 0 bridgehead atoms. The summed E-state index contributed by atoms with van der Waals surface area (Å²) in [6.45, 7) is 5.72. The molecule has 0 aliphatic carbocycles. The average Bonchev–Trinajstić information content (AvgIpc) is 2.58. The summed E-state index contributed by atoms with van der Waals surface area (Å²) >= 11 is 0. The Morgan fingerprint density at radius 1 is 0.893 bits per heavy atom. The molecule has 1 saturated heterocycles. The first-order chi connectivity index (χ1) is 12.9. The average molecular weight is 432 g/mol. The van der Waals surface area contributed by atoms with Crippen molar-refractivity contribution in [1.29, 1.82) is 0 Å². The van der Waals surface area contributed by atoms with Crippen molar-refractivity contribution >= 4 is 15.9 Å². The van der Waals surface area contributed by atoms with Crippen molar-refractivity contribution < 1.29 is 35.4 Å². The number of piperidine rings is 1. The van der Waals surface area contributed by atoms with Crippen molar-refractivity contribution in [2.24, 2.45) is 0 Å². The van der Waals surface area contributed by atoms with Gasteiger partial charge in [0.05, 0.1) is 39.5 Å². The van der Waals surface area contributed by atoms with Gasteiger partial charge in [-0.25, -0.2) is 8.42 Å². The number of alkyl halides is 3. The van der Waals surface area contributed by atoms with Crippen LogP contribution in [0.5, 0.6) is 0 Å². The first kappa shape index (κ1) is 27.3. The molecule has 0 atom stereocenters. The van der Waals surface area contributed by atoms with Gasteiger partial charge >= 0.3 is 5.51 Å². The number of carbonyl (C=O) groups is 1. The number of nitrogens with zero attached hydrogens (tertiary/aromatic N) is 1. The SMILES string of the molecule is CCCCCCCCCCCC[N+]1(C)CCC(=O)CC1.O=S(=O)([O-])C(F)(F)F. The van der Waals surface area contributed by atoms with Gasteiger partial charge in [-0.2, -0.15) is 13.2 Å². The molecule has 168 valence electrons. The van der Waals surface area contributed by atoms with Gasteiger partial charge in [0.1, 0.15) is 5.78 Å². The Hall–Kier alpha value is -0.670. The van der Waals surface area contributed by atoms with Crippen LogP contribution in [0.25, 0.3) is 0 Å². The second-order valence-corrected chi connectivity index (χ2v) is 9.28. The summed E-state index contributed by atoms with van der Waals surface area (Å²) in [4.78, 5) is 11.3. The number of likely N-dealkylation sites (tertiary alicyclic amines) is 1. The molecule has 1 rings (SSSR count). The van der Waals surface area contributed by atoms with Gasteiger partial charge in [-0.1, -0.05) is 58.3 Å². The smallest absolute Gasteiger partial charge is 0.485 e. The molecule has 0 saturated carbocycles. The standard InChI is InChI=1S/C18H36NO.CHF3O3S/c1-3-4-5-6-7-8-9-10-11-12-15-19(2)16-13-18(20)14-17-19;2-1(3,4)8(5,6)7/h3-17H2,1-2H3;(H,5,6,7)/q+1;/p-1. The van der Waals surface area contributed by atoms with Crippen molar-refractivity contribution in [2.75, 3.05) is 26.7 Å². The van der Waals surface area contributed by atoms with Crippen molar-refractivity contribution in [1.82, 2.24) is 0 Å². The Labute approximate surface area is 168 Å². The zero-order valence-corrected chi connectivity index (χ0v) is 18.0. The third kappa shape index (κ3) is 13.5. The molecule has 0 unspecified atom stereocenters. The van der Waals surface area contributed by atoms with Gasteiger partial charge < -0.3 is 9.04 Å². The summed E-state index contributed by atoms with van der Waals surface area (Å²) in [6.07, 6.45) is 15.7. The highest BCUT2D eigenvalue weighted by molar-refractivity contribution is 7.86.